The highest BCUT2D eigenvalue weighted by Crippen LogP contribution is 2.16. The number of ketones is 1. The molecule has 0 N–H and O–H groups in total. The van der Waals surface area contributed by atoms with Crippen molar-refractivity contribution in [3.8, 4) is 0 Å². The second-order valence-electron chi connectivity index (χ2n) is 4.34. The number of carbonyl (C=O) groups is 1. The minimum absolute atomic E-state index is 0.138. The molecular formula is C16H17NOS. The Morgan fingerprint density at radius 3 is 2.26 bits per heavy atom. The Balaban J connectivity index is 2.04. The minimum atomic E-state index is 0.138. The van der Waals surface area contributed by atoms with Gasteiger partial charge in [0.15, 0.2) is 5.78 Å². The van der Waals surface area contributed by atoms with Crippen LogP contribution in [0.3, 0.4) is 0 Å². The van der Waals surface area contributed by atoms with Crippen molar-refractivity contribution >= 4 is 23.2 Å². The number of likely N-dealkylation sites (N-methyl/N-ethyl adjacent to an activating group) is 1. The Morgan fingerprint density at radius 2 is 1.68 bits per heavy atom. The highest BCUT2D eigenvalue weighted by molar-refractivity contribution is 7.98. The van der Waals surface area contributed by atoms with Crippen LogP contribution in [0.1, 0.15) is 10.4 Å². The van der Waals surface area contributed by atoms with Gasteiger partial charge in [-0.1, -0.05) is 30.3 Å². The summed E-state index contributed by atoms with van der Waals surface area (Å²) in [6, 6.07) is 17.7. The molecule has 0 saturated heterocycles. The summed E-state index contributed by atoms with van der Waals surface area (Å²) in [5.74, 6) is 0.138. The van der Waals surface area contributed by atoms with E-state index in [1.54, 1.807) is 11.8 Å². The van der Waals surface area contributed by atoms with Crippen LogP contribution in [0.15, 0.2) is 59.5 Å². The van der Waals surface area contributed by atoms with Crippen LogP contribution in [0.4, 0.5) is 5.69 Å². The Morgan fingerprint density at radius 1 is 1.05 bits per heavy atom. The molecule has 2 nitrogen and oxygen atoms in total. The fourth-order valence-corrected chi connectivity index (χ4v) is 2.27. The normalized spacial score (nSPS) is 10.2. The van der Waals surface area contributed by atoms with Crippen LogP contribution in [0.2, 0.25) is 0 Å². The topological polar surface area (TPSA) is 20.3 Å². The summed E-state index contributed by atoms with van der Waals surface area (Å²) >= 11 is 1.68. The van der Waals surface area contributed by atoms with Crippen molar-refractivity contribution in [1.29, 1.82) is 0 Å². The standard InChI is InChI=1S/C16H17NOS/c1-17(14-6-4-3-5-7-14)12-16(18)13-8-10-15(19-2)11-9-13/h3-11H,12H2,1-2H3. The molecule has 98 valence electrons. The molecule has 2 aromatic rings. The molecule has 0 aliphatic carbocycles. The second kappa shape index (κ2) is 6.43. The molecule has 0 saturated carbocycles. The average Bonchev–Trinajstić information content (AvgIpc) is 2.48. The van der Waals surface area contributed by atoms with Crippen LogP contribution >= 0.6 is 11.8 Å². The SMILES string of the molecule is CSc1ccc(C(=O)CN(C)c2ccccc2)cc1. The van der Waals surface area contributed by atoms with Crippen LogP contribution in [0.5, 0.6) is 0 Å². The molecule has 0 unspecified atom stereocenters. The van der Waals surface area contributed by atoms with Crippen LogP contribution in [-0.4, -0.2) is 25.6 Å². The number of para-hydroxylation sites is 1. The minimum Gasteiger partial charge on any atom is -0.367 e. The molecule has 19 heavy (non-hydrogen) atoms. The van der Waals surface area contributed by atoms with E-state index in [4.69, 9.17) is 0 Å². The van der Waals surface area contributed by atoms with Crippen molar-refractivity contribution in [2.24, 2.45) is 0 Å². The summed E-state index contributed by atoms with van der Waals surface area (Å²) < 4.78 is 0. The maximum atomic E-state index is 12.2. The zero-order chi connectivity index (χ0) is 13.7. The van der Waals surface area contributed by atoms with Gasteiger partial charge in [0, 0.05) is 23.2 Å². The van der Waals surface area contributed by atoms with E-state index in [1.807, 2.05) is 72.8 Å². The van der Waals surface area contributed by atoms with Crippen LogP contribution in [0, 0.1) is 0 Å². The van der Waals surface area contributed by atoms with E-state index in [0.717, 1.165) is 11.3 Å². The lowest BCUT2D eigenvalue weighted by molar-refractivity contribution is 0.100. The van der Waals surface area contributed by atoms with Gasteiger partial charge in [-0.25, -0.2) is 0 Å². The van der Waals surface area contributed by atoms with Crippen molar-refractivity contribution in [3.05, 3.63) is 60.2 Å². The highest BCUT2D eigenvalue weighted by Gasteiger charge is 2.09. The highest BCUT2D eigenvalue weighted by atomic mass is 32.2. The lowest BCUT2D eigenvalue weighted by atomic mass is 10.1. The van der Waals surface area contributed by atoms with Crippen LogP contribution < -0.4 is 4.90 Å². The molecule has 0 spiro atoms. The third-order valence-corrected chi connectivity index (χ3v) is 3.73. The van der Waals surface area contributed by atoms with Gasteiger partial charge in [0.1, 0.15) is 0 Å². The molecule has 2 rings (SSSR count). The van der Waals surface area contributed by atoms with E-state index in [-0.39, 0.29) is 5.78 Å². The van der Waals surface area contributed by atoms with Crippen molar-refractivity contribution < 1.29 is 4.79 Å². The van der Waals surface area contributed by atoms with Crippen molar-refractivity contribution in [3.63, 3.8) is 0 Å². The zero-order valence-electron chi connectivity index (χ0n) is 11.2. The van der Waals surface area contributed by atoms with E-state index in [0.29, 0.717) is 6.54 Å². The molecule has 0 amide bonds. The third-order valence-electron chi connectivity index (χ3n) is 2.99. The summed E-state index contributed by atoms with van der Waals surface area (Å²) in [6.45, 7) is 0.391. The molecule has 0 fully saturated rings. The molecule has 0 heterocycles. The van der Waals surface area contributed by atoms with Crippen LogP contribution in [0.25, 0.3) is 0 Å². The van der Waals surface area contributed by atoms with Gasteiger partial charge in [0.25, 0.3) is 0 Å². The van der Waals surface area contributed by atoms with Gasteiger partial charge in [-0.15, -0.1) is 11.8 Å². The number of hydrogen-bond donors (Lipinski definition) is 0. The lowest BCUT2D eigenvalue weighted by Crippen LogP contribution is -2.25. The summed E-state index contributed by atoms with van der Waals surface area (Å²) in [6.07, 6.45) is 2.03. The van der Waals surface area contributed by atoms with Crippen molar-refractivity contribution in [1.82, 2.24) is 0 Å². The molecule has 0 radical (unpaired) electrons. The monoisotopic (exact) mass is 271 g/mol. The molecule has 0 aliphatic rings. The fraction of sp³-hybridized carbons (Fsp3) is 0.188. The molecule has 3 heteroatoms. The van der Waals surface area contributed by atoms with Gasteiger partial charge in [0.2, 0.25) is 0 Å². The lowest BCUT2D eigenvalue weighted by Gasteiger charge is -2.18. The first-order valence-electron chi connectivity index (χ1n) is 6.14. The first kappa shape index (κ1) is 13.7. The number of rotatable bonds is 5. The molecular weight excluding hydrogens is 254 g/mol. The molecule has 0 atom stereocenters. The van der Waals surface area contributed by atoms with E-state index in [1.165, 1.54) is 4.90 Å². The van der Waals surface area contributed by atoms with E-state index in [9.17, 15) is 4.79 Å². The maximum absolute atomic E-state index is 12.2. The maximum Gasteiger partial charge on any atom is 0.182 e. The number of hydrogen-bond acceptors (Lipinski definition) is 3. The van der Waals surface area contributed by atoms with Gasteiger partial charge in [-0.2, -0.15) is 0 Å². The number of Topliss-reactive ketones (excluding diaryl/α,β-unsaturated/α-hetero) is 1. The second-order valence-corrected chi connectivity index (χ2v) is 5.22. The van der Waals surface area contributed by atoms with Gasteiger partial charge in [0.05, 0.1) is 6.54 Å². The zero-order valence-corrected chi connectivity index (χ0v) is 12.0. The molecule has 2 aromatic carbocycles. The predicted octanol–water partition coefficient (Wildman–Crippen LogP) is 3.73. The Kier molecular flexibility index (Phi) is 4.63. The van der Waals surface area contributed by atoms with E-state index >= 15 is 0 Å². The predicted molar refractivity (Wildman–Crippen MR) is 82.3 cm³/mol. The van der Waals surface area contributed by atoms with Gasteiger partial charge in [-0.05, 0) is 30.5 Å². The molecule has 0 aromatic heterocycles. The number of anilines is 1. The quantitative estimate of drug-likeness (QED) is 0.610. The number of carbonyl (C=O) groups excluding carboxylic acids is 1. The number of thioether (sulfide) groups is 1. The summed E-state index contributed by atoms with van der Waals surface area (Å²) in [5, 5.41) is 0. The number of nitrogens with zero attached hydrogens (tertiary/aromatic N) is 1. The molecule has 0 bridgehead atoms. The van der Waals surface area contributed by atoms with Crippen molar-refractivity contribution in [2.45, 2.75) is 4.90 Å². The van der Waals surface area contributed by atoms with Gasteiger partial charge in [-0.3, -0.25) is 4.79 Å². The first-order valence-corrected chi connectivity index (χ1v) is 7.36. The first-order chi connectivity index (χ1) is 9.20. The smallest absolute Gasteiger partial charge is 0.182 e. The Hall–Kier alpha value is -1.74. The van der Waals surface area contributed by atoms with Crippen molar-refractivity contribution in [2.75, 3.05) is 24.7 Å². The van der Waals surface area contributed by atoms with Gasteiger partial charge >= 0.3 is 0 Å². The molecule has 0 aliphatic heterocycles. The third kappa shape index (κ3) is 3.61. The van der Waals surface area contributed by atoms with Gasteiger partial charge < -0.3 is 4.90 Å². The average molecular weight is 271 g/mol. The van der Waals surface area contributed by atoms with E-state index in [2.05, 4.69) is 0 Å². The summed E-state index contributed by atoms with van der Waals surface area (Å²) in [5.41, 5.74) is 1.82. The Labute approximate surface area is 118 Å². The fourth-order valence-electron chi connectivity index (χ4n) is 1.86. The number of benzene rings is 2. The Bertz CT molecular complexity index is 536. The van der Waals surface area contributed by atoms with E-state index < -0.39 is 0 Å². The van der Waals surface area contributed by atoms with Crippen LogP contribution in [-0.2, 0) is 0 Å². The summed E-state index contributed by atoms with van der Waals surface area (Å²) in [7, 11) is 1.93. The summed E-state index contributed by atoms with van der Waals surface area (Å²) in [4.78, 5) is 15.3. The largest absolute Gasteiger partial charge is 0.367 e.